The highest BCUT2D eigenvalue weighted by Crippen LogP contribution is 2.19. The van der Waals surface area contributed by atoms with E-state index in [-0.39, 0.29) is 0 Å². The molecule has 3 aromatic heterocycles. The number of hydrogen-bond donors (Lipinski definition) is 2. The van der Waals surface area contributed by atoms with Gasteiger partial charge in [0.25, 0.3) is 0 Å². The lowest BCUT2D eigenvalue weighted by Crippen LogP contribution is -2.30. The van der Waals surface area contributed by atoms with E-state index in [1.807, 2.05) is 41.7 Å². The first-order chi connectivity index (χ1) is 17.3. The summed E-state index contributed by atoms with van der Waals surface area (Å²) in [5, 5.41) is 18.6. The average molecular weight is 536 g/mol. The number of hydrogen-bond acceptors (Lipinski definition) is 6. The summed E-state index contributed by atoms with van der Waals surface area (Å²) in [5.41, 5.74) is 1.29. The molecule has 16 heteroatoms. The number of fused-ring (bicyclic) bond motifs is 1. The average Bonchev–Trinajstić information content (AvgIpc) is 3.43. The molecule has 1 aliphatic rings. The standard InChI is InChI=1S/C17H20N6.2C2HF3O2/c1-4-20-23(8-1)13-16-11-21(10-15-2-5-18-6-3-15)14-17-19-7-9-22(17)12-16;2*3-2(4,5)1(6)7/h1-9,16H,10-14H2;2*(H,6,7). The third-order valence-electron chi connectivity index (χ3n) is 4.78. The molecule has 3 aromatic rings. The maximum Gasteiger partial charge on any atom is 0.490 e. The van der Waals surface area contributed by atoms with Crippen LogP contribution in [0, 0.1) is 5.92 Å². The number of carboxylic acid groups (broad SMARTS) is 2. The third kappa shape index (κ3) is 10.3. The SMILES string of the molecule is O=C(O)C(F)(F)F.O=C(O)C(F)(F)F.c1cnn(CC2CN(Cc3ccncc3)Cc3nccn3C2)c1. The van der Waals surface area contributed by atoms with E-state index in [0.29, 0.717) is 5.92 Å². The van der Waals surface area contributed by atoms with E-state index in [4.69, 9.17) is 19.8 Å². The van der Waals surface area contributed by atoms with Gasteiger partial charge in [-0.2, -0.15) is 31.4 Å². The summed E-state index contributed by atoms with van der Waals surface area (Å²) in [6, 6.07) is 6.15. The van der Waals surface area contributed by atoms with Gasteiger partial charge in [-0.3, -0.25) is 14.6 Å². The zero-order valence-corrected chi connectivity index (χ0v) is 19.0. The Kier molecular flexibility index (Phi) is 10.2. The molecule has 0 bridgehead atoms. The van der Waals surface area contributed by atoms with Crippen molar-refractivity contribution in [2.75, 3.05) is 6.54 Å². The van der Waals surface area contributed by atoms with Gasteiger partial charge in [-0.25, -0.2) is 14.6 Å². The van der Waals surface area contributed by atoms with Crippen molar-refractivity contribution in [3.8, 4) is 0 Å². The second-order valence-corrected chi connectivity index (χ2v) is 7.72. The predicted molar refractivity (Wildman–Crippen MR) is 114 cm³/mol. The fourth-order valence-corrected chi connectivity index (χ4v) is 3.28. The van der Waals surface area contributed by atoms with Gasteiger partial charge in [0.05, 0.1) is 6.54 Å². The van der Waals surface area contributed by atoms with Gasteiger partial charge < -0.3 is 14.8 Å². The molecule has 4 heterocycles. The summed E-state index contributed by atoms with van der Waals surface area (Å²) in [5.74, 6) is -3.87. The van der Waals surface area contributed by atoms with Gasteiger partial charge in [-0.05, 0) is 23.8 Å². The molecule has 10 nitrogen and oxygen atoms in total. The van der Waals surface area contributed by atoms with E-state index in [1.54, 1.807) is 0 Å². The van der Waals surface area contributed by atoms with Crippen LogP contribution in [0.5, 0.6) is 0 Å². The van der Waals surface area contributed by atoms with Gasteiger partial charge in [0.1, 0.15) is 5.82 Å². The van der Waals surface area contributed by atoms with Crippen LogP contribution < -0.4 is 0 Å². The van der Waals surface area contributed by atoms with E-state index in [2.05, 4.69) is 42.9 Å². The minimum absolute atomic E-state index is 0.507. The van der Waals surface area contributed by atoms with Gasteiger partial charge in [-0.1, -0.05) is 0 Å². The molecule has 0 spiro atoms. The summed E-state index contributed by atoms with van der Waals surface area (Å²) in [6.07, 6.45) is 1.41. The Hall–Kier alpha value is -3.95. The quantitative estimate of drug-likeness (QED) is 0.488. The normalized spacial score (nSPS) is 15.8. The first kappa shape index (κ1) is 29.3. The Balaban J connectivity index is 0.000000286. The van der Waals surface area contributed by atoms with E-state index in [1.165, 1.54) is 5.56 Å². The maximum absolute atomic E-state index is 10.6. The zero-order chi connectivity index (χ0) is 27.6. The molecule has 0 saturated carbocycles. The van der Waals surface area contributed by atoms with Crippen LogP contribution in [-0.2, 0) is 35.8 Å². The second-order valence-electron chi connectivity index (χ2n) is 7.72. The van der Waals surface area contributed by atoms with Crippen molar-refractivity contribution in [2.24, 2.45) is 5.92 Å². The summed E-state index contributed by atoms with van der Waals surface area (Å²) in [6.45, 7) is 4.75. The molecule has 0 amide bonds. The van der Waals surface area contributed by atoms with Gasteiger partial charge >= 0.3 is 24.3 Å². The Labute approximate surface area is 205 Å². The van der Waals surface area contributed by atoms with Crippen LogP contribution >= 0.6 is 0 Å². The Morgan fingerprint density at radius 1 is 0.919 bits per heavy atom. The fourth-order valence-electron chi connectivity index (χ4n) is 3.28. The van der Waals surface area contributed by atoms with Crippen molar-refractivity contribution in [1.29, 1.82) is 0 Å². The number of carboxylic acids is 2. The van der Waals surface area contributed by atoms with Crippen LogP contribution in [0.3, 0.4) is 0 Å². The van der Waals surface area contributed by atoms with E-state index < -0.39 is 24.3 Å². The van der Waals surface area contributed by atoms with E-state index in [9.17, 15) is 26.3 Å². The van der Waals surface area contributed by atoms with Gasteiger partial charge in [0, 0.05) is 69.3 Å². The first-order valence-corrected chi connectivity index (χ1v) is 10.4. The van der Waals surface area contributed by atoms with Crippen molar-refractivity contribution >= 4 is 11.9 Å². The summed E-state index contributed by atoms with van der Waals surface area (Å²) in [7, 11) is 0. The number of nitrogens with zero attached hydrogens (tertiary/aromatic N) is 6. The highest BCUT2D eigenvalue weighted by molar-refractivity contribution is 5.73. The molecule has 202 valence electrons. The molecule has 2 N–H and O–H groups in total. The van der Waals surface area contributed by atoms with E-state index in [0.717, 1.165) is 38.5 Å². The molecular formula is C21H22F6N6O4. The molecule has 0 fully saturated rings. The number of aliphatic carboxylic acids is 2. The van der Waals surface area contributed by atoms with Crippen LogP contribution in [0.4, 0.5) is 26.3 Å². The molecule has 1 atom stereocenters. The number of alkyl halides is 6. The highest BCUT2D eigenvalue weighted by atomic mass is 19.4. The molecule has 0 saturated heterocycles. The minimum Gasteiger partial charge on any atom is -0.475 e. The van der Waals surface area contributed by atoms with E-state index >= 15 is 0 Å². The Morgan fingerprint density at radius 3 is 2.03 bits per heavy atom. The topological polar surface area (TPSA) is 126 Å². The van der Waals surface area contributed by atoms with Crippen LogP contribution in [0.25, 0.3) is 0 Å². The van der Waals surface area contributed by atoms with Crippen molar-refractivity contribution in [3.05, 3.63) is 66.8 Å². The van der Waals surface area contributed by atoms with Crippen molar-refractivity contribution in [1.82, 2.24) is 29.2 Å². The zero-order valence-electron chi connectivity index (χ0n) is 19.0. The number of rotatable bonds is 4. The number of pyridine rings is 1. The van der Waals surface area contributed by atoms with Crippen LogP contribution in [0.1, 0.15) is 11.4 Å². The molecular weight excluding hydrogens is 514 g/mol. The lowest BCUT2D eigenvalue weighted by molar-refractivity contribution is -0.193. The van der Waals surface area contributed by atoms with Gasteiger partial charge in [-0.15, -0.1) is 0 Å². The predicted octanol–water partition coefficient (Wildman–Crippen LogP) is 3.07. The Morgan fingerprint density at radius 2 is 1.51 bits per heavy atom. The van der Waals surface area contributed by atoms with Crippen molar-refractivity contribution in [3.63, 3.8) is 0 Å². The first-order valence-electron chi connectivity index (χ1n) is 10.4. The number of carbonyl (C=O) groups is 2. The molecule has 1 aliphatic heterocycles. The molecule has 0 aliphatic carbocycles. The minimum atomic E-state index is -5.08. The molecule has 1 unspecified atom stereocenters. The molecule has 37 heavy (non-hydrogen) atoms. The highest BCUT2D eigenvalue weighted by Gasteiger charge is 2.38. The van der Waals surface area contributed by atoms with Crippen molar-refractivity contribution in [2.45, 2.75) is 38.5 Å². The van der Waals surface area contributed by atoms with Gasteiger partial charge in [0.15, 0.2) is 0 Å². The second kappa shape index (κ2) is 12.8. The summed E-state index contributed by atoms with van der Waals surface area (Å²) in [4.78, 5) is 28.9. The summed E-state index contributed by atoms with van der Waals surface area (Å²) < 4.78 is 67.8. The maximum atomic E-state index is 10.6. The fraction of sp³-hybridized carbons (Fsp3) is 0.381. The Bertz CT molecular complexity index is 1090. The van der Waals surface area contributed by atoms with Crippen LogP contribution in [0.2, 0.25) is 0 Å². The lowest BCUT2D eigenvalue weighted by atomic mass is 10.1. The van der Waals surface area contributed by atoms with Crippen LogP contribution in [0.15, 0.2) is 55.4 Å². The smallest absolute Gasteiger partial charge is 0.475 e. The molecule has 4 rings (SSSR count). The van der Waals surface area contributed by atoms with Crippen molar-refractivity contribution < 1.29 is 46.1 Å². The summed E-state index contributed by atoms with van der Waals surface area (Å²) >= 11 is 0. The molecule has 0 radical (unpaired) electrons. The number of imidazole rings is 1. The monoisotopic (exact) mass is 536 g/mol. The number of aromatic nitrogens is 5. The number of halogens is 6. The lowest BCUT2D eigenvalue weighted by Gasteiger charge is -2.23. The third-order valence-corrected chi connectivity index (χ3v) is 4.78. The van der Waals surface area contributed by atoms with Gasteiger partial charge in [0.2, 0.25) is 0 Å². The largest absolute Gasteiger partial charge is 0.490 e. The van der Waals surface area contributed by atoms with Crippen LogP contribution in [-0.4, -0.2) is 70.3 Å². The molecule has 0 aromatic carbocycles.